The molecule has 1 aliphatic heterocycles. The molecule has 0 atom stereocenters. The number of hydrogen-bond donors (Lipinski definition) is 1. The van der Waals surface area contributed by atoms with Crippen molar-refractivity contribution in [1.29, 1.82) is 0 Å². The zero-order chi connectivity index (χ0) is 13.5. The summed E-state index contributed by atoms with van der Waals surface area (Å²) in [6, 6.07) is 0. The summed E-state index contributed by atoms with van der Waals surface area (Å²) >= 11 is 0. The zero-order valence-corrected chi connectivity index (χ0v) is 11.3. The average Bonchev–Trinajstić information content (AvgIpc) is 2.74. The summed E-state index contributed by atoms with van der Waals surface area (Å²) in [5.41, 5.74) is 0.393. The first-order valence-corrected chi connectivity index (χ1v) is 6.74. The van der Waals surface area contributed by atoms with Crippen molar-refractivity contribution in [2.24, 2.45) is 0 Å². The molecule has 1 amide bonds. The minimum absolute atomic E-state index is 0.0694. The summed E-state index contributed by atoms with van der Waals surface area (Å²) in [6.07, 6.45) is 5.04. The van der Waals surface area contributed by atoms with Crippen molar-refractivity contribution in [3.05, 3.63) is 18.1 Å². The molecule has 1 aromatic rings. The summed E-state index contributed by atoms with van der Waals surface area (Å²) in [5.74, 6) is 0.637. The van der Waals surface area contributed by atoms with Gasteiger partial charge in [-0.2, -0.15) is 0 Å². The molecular weight excluding hydrogens is 244 g/mol. The highest BCUT2D eigenvalue weighted by Crippen LogP contribution is 2.07. The molecule has 0 bridgehead atoms. The molecule has 0 saturated carbocycles. The van der Waals surface area contributed by atoms with Gasteiger partial charge in [-0.15, -0.1) is 0 Å². The second kappa shape index (κ2) is 7.04. The van der Waals surface area contributed by atoms with E-state index in [1.807, 2.05) is 0 Å². The van der Waals surface area contributed by atoms with E-state index < -0.39 is 0 Å². The van der Waals surface area contributed by atoms with Crippen LogP contribution < -0.4 is 5.32 Å². The van der Waals surface area contributed by atoms with Gasteiger partial charge in [0.05, 0.1) is 19.0 Å². The van der Waals surface area contributed by atoms with E-state index in [2.05, 4.69) is 22.2 Å². The zero-order valence-electron chi connectivity index (χ0n) is 11.3. The van der Waals surface area contributed by atoms with Crippen LogP contribution in [0.15, 0.2) is 12.4 Å². The van der Waals surface area contributed by atoms with Crippen LogP contribution >= 0.6 is 0 Å². The van der Waals surface area contributed by atoms with Crippen LogP contribution in [0.3, 0.4) is 0 Å². The molecule has 1 aromatic heterocycles. The van der Waals surface area contributed by atoms with Gasteiger partial charge in [-0.3, -0.25) is 4.79 Å². The van der Waals surface area contributed by atoms with Crippen molar-refractivity contribution in [2.75, 3.05) is 38.2 Å². The Balaban J connectivity index is 1.98. The first-order chi connectivity index (χ1) is 9.31. The molecule has 0 unspecified atom stereocenters. The Labute approximate surface area is 113 Å². The number of nitrogens with one attached hydrogen (secondary N) is 1. The maximum Gasteiger partial charge on any atom is 0.274 e. The maximum absolute atomic E-state index is 12.2. The average molecular weight is 264 g/mol. The van der Waals surface area contributed by atoms with Gasteiger partial charge < -0.3 is 15.0 Å². The highest BCUT2D eigenvalue weighted by molar-refractivity contribution is 5.92. The fraction of sp³-hybridized carbons (Fsp3) is 0.615. The molecule has 0 aromatic carbocycles. The largest absolute Gasteiger partial charge is 0.380 e. The van der Waals surface area contributed by atoms with Crippen LogP contribution in [0, 0.1) is 0 Å². The Morgan fingerprint density at radius 3 is 3.00 bits per heavy atom. The van der Waals surface area contributed by atoms with Gasteiger partial charge in [0.25, 0.3) is 5.91 Å². The Hall–Kier alpha value is -1.69. The molecule has 1 N–H and O–H groups in total. The van der Waals surface area contributed by atoms with E-state index in [4.69, 9.17) is 4.74 Å². The molecule has 6 nitrogen and oxygen atoms in total. The van der Waals surface area contributed by atoms with E-state index in [1.165, 1.54) is 6.20 Å². The van der Waals surface area contributed by atoms with E-state index >= 15 is 0 Å². The monoisotopic (exact) mass is 264 g/mol. The second-order valence-corrected chi connectivity index (χ2v) is 4.47. The van der Waals surface area contributed by atoms with Crippen molar-refractivity contribution in [2.45, 2.75) is 19.8 Å². The van der Waals surface area contributed by atoms with E-state index in [1.54, 1.807) is 11.1 Å². The summed E-state index contributed by atoms with van der Waals surface area (Å²) in [6.45, 7) is 5.59. The maximum atomic E-state index is 12.2. The number of carbonyl (C=O) groups is 1. The van der Waals surface area contributed by atoms with Gasteiger partial charge in [0.2, 0.25) is 0 Å². The van der Waals surface area contributed by atoms with E-state index in [9.17, 15) is 4.79 Å². The Kier molecular flexibility index (Phi) is 5.09. The molecule has 0 aliphatic carbocycles. The van der Waals surface area contributed by atoms with Crippen LogP contribution in [0.1, 0.15) is 30.3 Å². The smallest absolute Gasteiger partial charge is 0.274 e. The van der Waals surface area contributed by atoms with Crippen molar-refractivity contribution in [3.8, 4) is 0 Å². The predicted octanol–water partition coefficient (Wildman–Crippen LogP) is 1.16. The normalized spacial score (nSPS) is 15.9. The fourth-order valence-electron chi connectivity index (χ4n) is 1.89. The van der Waals surface area contributed by atoms with Gasteiger partial charge in [-0.05, 0) is 12.8 Å². The minimum atomic E-state index is -0.0694. The topological polar surface area (TPSA) is 67.4 Å². The molecule has 104 valence electrons. The lowest BCUT2D eigenvalue weighted by molar-refractivity contribution is 0.0735. The van der Waals surface area contributed by atoms with Gasteiger partial charge in [-0.25, -0.2) is 9.97 Å². The van der Waals surface area contributed by atoms with Gasteiger partial charge in [0.15, 0.2) is 0 Å². The third-order valence-corrected chi connectivity index (χ3v) is 2.94. The number of rotatable bonds is 4. The lowest BCUT2D eigenvalue weighted by atomic mass is 10.3. The predicted molar refractivity (Wildman–Crippen MR) is 72.2 cm³/mol. The molecule has 6 heteroatoms. The third kappa shape index (κ3) is 3.89. The molecule has 1 saturated heterocycles. The van der Waals surface area contributed by atoms with E-state index in [-0.39, 0.29) is 5.91 Å². The summed E-state index contributed by atoms with van der Waals surface area (Å²) < 4.78 is 5.33. The lowest BCUT2D eigenvalue weighted by Gasteiger charge is -2.18. The minimum Gasteiger partial charge on any atom is -0.380 e. The first kappa shape index (κ1) is 13.7. The highest BCUT2D eigenvalue weighted by Gasteiger charge is 2.18. The van der Waals surface area contributed by atoms with Gasteiger partial charge in [0, 0.05) is 26.2 Å². The molecule has 0 spiro atoms. The molecule has 0 radical (unpaired) electrons. The number of hydrogen-bond acceptors (Lipinski definition) is 5. The molecule has 19 heavy (non-hydrogen) atoms. The molecule has 2 heterocycles. The molecule has 2 rings (SSSR count). The number of amides is 1. The standard InChI is InChI=1S/C13H20N4O2/c1-2-4-14-12-10-15-11(9-16-12)13(18)17-5-3-7-19-8-6-17/h9-10H,2-8H2,1H3,(H,14,16). The fourth-order valence-corrected chi connectivity index (χ4v) is 1.89. The van der Waals surface area contributed by atoms with Crippen LogP contribution in [-0.2, 0) is 4.74 Å². The Bertz CT molecular complexity index is 400. The Morgan fingerprint density at radius 1 is 1.37 bits per heavy atom. The van der Waals surface area contributed by atoms with Crippen molar-refractivity contribution < 1.29 is 9.53 Å². The molecular formula is C13H20N4O2. The highest BCUT2D eigenvalue weighted by atomic mass is 16.5. The molecule has 1 fully saturated rings. The number of aromatic nitrogens is 2. The summed E-state index contributed by atoms with van der Waals surface area (Å²) in [7, 11) is 0. The van der Waals surface area contributed by atoms with Crippen LogP contribution in [0.5, 0.6) is 0 Å². The number of ether oxygens (including phenoxy) is 1. The van der Waals surface area contributed by atoms with Crippen LogP contribution in [0.2, 0.25) is 0 Å². The molecule has 1 aliphatic rings. The third-order valence-electron chi connectivity index (χ3n) is 2.94. The number of nitrogens with zero attached hydrogens (tertiary/aromatic N) is 3. The quantitative estimate of drug-likeness (QED) is 0.884. The van der Waals surface area contributed by atoms with Gasteiger partial charge in [0.1, 0.15) is 11.5 Å². The summed E-state index contributed by atoms with van der Waals surface area (Å²) in [4.78, 5) is 22.4. The SMILES string of the molecule is CCCNc1cnc(C(=O)N2CCCOCC2)cn1. The van der Waals surface area contributed by atoms with Gasteiger partial charge in [-0.1, -0.05) is 6.92 Å². The van der Waals surface area contributed by atoms with Crippen molar-refractivity contribution >= 4 is 11.7 Å². The van der Waals surface area contributed by atoms with Crippen LogP contribution in [-0.4, -0.2) is 53.6 Å². The summed E-state index contributed by atoms with van der Waals surface area (Å²) in [5, 5.41) is 3.13. The van der Waals surface area contributed by atoms with Crippen molar-refractivity contribution in [1.82, 2.24) is 14.9 Å². The van der Waals surface area contributed by atoms with Crippen LogP contribution in [0.25, 0.3) is 0 Å². The first-order valence-electron chi connectivity index (χ1n) is 6.74. The lowest BCUT2D eigenvalue weighted by Crippen LogP contribution is -2.33. The van der Waals surface area contributed by atoms with Crippen molar-refractivity contribution in [3.63, 3.8) is 0 Å². The number of anilines is 1. The van der Waals surface area contributed by atoms with E-state index in [0.29, 0.717) is 24.7 Å². The Morgan fingerprint density at radius 2 is 2.26 bits per heavy atom. The van der Waals surface area contributed by atoms with E-state index in [0.717, 1.165) is 32.5 Å². The second-order valence-electron chi connectivity index (χ2n) is 4.47. The van der Waals surface area contributed by atoms with Crippen LogP contribution in [0.4, 0.5) is 5.82 Å². The van der Waals surface area contributed by atoms with Gasteiger partial charge >= 0.3 is 0 Å². The number of carbonyl (C=O) groups excluding carboxylic acids is 1.